The molecule has 0 rings (SSSR count). The predicted molar refractivity (Wildman–Crippen MR) is 107 cm³/mol. The number of esters is 2. The highest BCUT2D eigenvalue weighted by atomic mass is 16.5. The Hall–Kier alpha value is -1.06. The minimum absolute atomic E-state index is 0.194. The van der Waals surface area contributed by atoms with Crippen LogP contribution in [-0.4, -0.2) is 25.2 Å². The Balaban J connectivity index is 3.30. The summed E-state index contributed by atoms with van der Waals surface area (Å²) in [5, 5.41) is 0. The normalized spacial score (nSPS) is 10.7. The van der Waals surface area contributed by atoms with Gasteiger partial charge in [-0.15, -0.1) is 0 Å². The molecule has 0 bridgehead atoms. The molecule has 0 aromatic heterocycles. The minimum atomic E-state index is -0.201. The average Bonchev–Trinajstić information content (AvgIpc) is 2.63. The Bertz CT molecular complexity index is 328. The molecule has 0 aliphatic heterocycles. The highest BCUT2D eigenvalue weighted by Crippen LogP contribution is 2.10. The first-order valence-corrected chi connectivity index (χ1v) is 11.0. The predicted octanol–water partition coefficient (Wildman–Crippen LogP) is 6.35. The van der Waals surface area contributed by atoms with Crippen molar-refractivity contribution in [3.63, 3.8) is 0 Å². The van der Waals surface area contributed by atoms with Gasteiger partial charge in [0.15, 0.2) is 0 Å². The third kappa shape index (κ3) is 19.3. The van der Waals surface area contributed by atoms with Gasteiger partial charge in [0.05, 0.1) is 13.2 Å². The summed E-state index contributed by atoms with van der Waals surface area (Å²) >= 11 is 0. The molecule has 26 heavy (non-hydrogen) atoms. The van der Waals surface area contributed by atoms with Gasteiger partial charge >= 0.3 is 11.9 Å². The molecule has 0 unspecified atom stereocenters. The zero-order valence-electron chi connectivity index (χ0n) is 17.4. The van der Waals surface area contributed by atoms with Gasteiger partial charge < -0.3 is 9.47 Å². The molecule has 0 radical (unpaired) electrons. The van der Waals surface area contributed by atoms with Crippen LogP contribution in [0.15, 0.2) is 0 Å². The maximum atomic E-state index is 11.6. The maximum absolute atomic E-state index is 11.6. The molecule has 0 fully saturated rings. The fourth-order valence-electron chi connectivity index (χ4n) is 2.83. The highest BCUT2D eigenvalue weighted by Gasteiger charge is 2.07. The number of hydrogen-bond donors (Lipinski definition) is 0. The van der Waals surface area contributed by atoms with Gasteiger partial charge in [-0.05, 0) is 19.3 Å². The highest BCUT2D eigenvalue weighted by molar-refractivity contribution is 5.72. The van der Waals surface area contributed by atoms with Crippen LogP contribution in [0, 0.1) is 0 Å². The SMILES string of the molecule is CCCCCCCCCCCOC(=O)CCCC(=O)OCCCCCC. The van der Waals surface area contributed by atoms with E-state index in [0.29, 0.717) is 32.5 Å². The van der Waals surface area contributed by atoms with E-state index in [9.17, 15) is 9.59 Å². The molecule has 0 spiro atoms. The van der Waals surface area contributed by atoms with Crippen LogP contribution >= 0.6 is 0 Å². The van der Waals surface area contributed by atoms with Crippen LogP contribution in [0.2, 0.25) is 0 Å². The van der Waals surface area contributed by atoms with Gasteiger partial charge in [0.25, 0.3) is 0 Å². The first kappa shape index (κ1) is 24.9. The van der Waals surface area contributed by atoms with Crippen molar-refractivity contribution in [3.05, 3.63) is 0 Å². The van der Waals surface area contributed by atoms with Gasteiger partial charge in [-0.1, -0.05) is 84.5 Å². The van der Waals surface area contributed by atoms with Crippen LogP contribution < -0.4 is 0 Å². The largest absolute Gasteiger partial charge is 0.466 e. The van der Waals surface area contributed by atoms with E-state index in [1.54, 1.807) is 0 Å². The molecule has 0 aromatic carbocycles. The standard InChI is InChI=1S/C22H42O4/c1-3-5-7-9-10-11-12-13-15-20-26-22(24)18-16-17-21(23)25-19-14-8-6-4-2/h3-20H2,1-2H3. The lowest BCUT2D eigenvalue weighted by Gasteiger charge is -2.06. The zero-order chi connectivity index (χ0) is 19.3. The number of ether oxygens (including phenoxy) is 2. The molecule has 0 aliphatic carbocycles. The quantitative estimate of drug-likeness (QED) is 0.196. The molecule has 0 aromatic rings. The average molecular weight is 371 g/mol. The lowest BCUT2D eigenvalue weighted by molar-refractivity contribution is -0.145. The number of carbonyl (C=O) groups excluding carboxylic acids is 2. The molecule has 0 saturated carbocycles. The Morgan fingerprint density at radius 2 is 0.846 bits per heavy atom. The van der Waals surface area contributed by atoms with Crippen LogP contribution in [0.5, 0.6) is 0 Å². The lowest BCUT2D eigenvalue weighted by atomic mass is 10.1. The van der Waals surface area contributed by atoms with Crippen LogP contribution in [0.25, 0.3) is 0 Å². The molecular weight excluding hydrogens is 328 g/mol. The van der Waals surface area contributed by atoms with E-state index in [4.69, 9.17) is 9.47 Å². The minimum Gasteiger partial charge on any atom is -0.466 e. The van der Waals surface area contributed by atoms with Crippen molar-refractivity contribution in [2.75, 3.05) is 13.2 Å². The van der Waals surface area contributed by atoms with Gasteiger partial charge in [-0.25, -0.2) is 0 Å². The Morgan fingerprint density at radius 3 is 1.27 bits per heavy atom. The topological polar surface area (TPSA) is 52.6 Å². The third-order valence-corrected chi connectivity index (χ3v) is 4.53. The van der Waals surface area contributed by atoms with E-state index in [2.05, 4.69) is 13.8 Å². The van der Waals surface area contributed by atoms with E-state index < -0.39 is 0 Å². The fraction of sp³-hybridized carbons (Fsp3) is 0.909. The number of carbonyl (C=O) groups is 2. The van der Waals surface area contributed by atoms with Crippen LogP contribution in [0.1, 0.15) is 117 Å². The summed E-state index contributed by atoms with van der Waals surface area (Å²) in [5.74, 6) is -0.395. The molecule has 0 saturated heterocycles. The number of rotatable bonds is 19. The van der Waals surface area contributed by atoms with Crippen LogP contribution in [0.4, 0.5) is 0 Å². The first-order chi connectivity index (χ1) is 12.7. The Morgan fingerprint density at radius 1 is 0.500 bits per heavy atom. The zero-order valence-corrected chi connectivity index (χ0v) is 17.4. The second kappa shape index (κ2) is 20.3. The summed E-state index contributed by atoms with van der Waals surface area (Å²) < 4.78 is 10.4. The van der Waals surface area contributed by atoms with E-state index >= 15 is 0 Å². The van der Waals surface area contributed by atoms with Crippen molar-refractivity contribution in [2.24, 2.45) is 0 Å². The van der Waals surface area contributed by atoms with Crippen molar-refractivity contribution < 1.29 is 19.1 Å². The first-order valence-electron chi connectivity index (χ1n) is 11.0. The van der Waals surface area contributed by atoms with Crippen molar-refractivity contribution in [2.45, 2.75) is 117 Å². The van der Waals surface area contributed by atoms with Gasteiger partial charge in [0.1, 0.15) is 0 Å². The molecule has 0 aliphatic rings. The second-order valence-electron chi connectivity index (χ2n) is 7.18. The van der Waals surface area contributed by atoms with E-state index in [-0.39, 0.29) is 11.9 Å². The molecule has 0 N–H and O–H groups in total. The van der Waals surface area contributed by atoms with Crippen molar-refractivity contribution in [1.29, 1.82) is 0 Å². The smallest absolute Gasteiger partial charge is 0.305 e. The van der Waals surface area contributed by atoms with Gasteiger partial charge in [0, 0.05) is 12.8 Å². The summed E-state index contributed by atoms with van der Waals surface area (Å²) in [6, 6.07) is 0. The molecule has 154 valence electrons. The molecule has 0 atom stereocenters. The van der Waals surface area contributed by atoms with E-state index in [0.717, 1.165) is 25.7 Å². The fourth-order valence-corrected chi connectivity index (χ4v) is 2.83. The monoisotopic (exact) mass is 370 g/mol. The maximum Gasteiger partial charge on any atom is 0.305 e. The van der Waals surface area contributed by atoms with Crippen molar-refractivity contribution >= 4 is 11.9 Å². The number of hydrogen-bond acceptors (Lipinski definition) is 4. The Labute approximate surface area is 161 Å². The number of unbranched alkanes of at least 4 members (excludes halogenated alkanes) is 11. The van der Waals surface area contributed by atoms with Crippen LogP contribution in [-0.2, 0) is 19.1 Å². The summed E-state index contributed by atoms with van der Waals surface area (Å²) in [6.45, 7) is 5.40. The van der Waals surface area contributed by atoms with E-state index in [1.807, 2.05) is 0 Å². The summed E-state index contributed by atoms with van der Waals surface area (Å²) in [7, 11) is 0. The molecule has 0 amide bonds. The summed E-state index contributed by atoms with van der Waals surface area (Å²) in [4.78, 5) is 23.1. The third-order valence-electron chi connectivity index (χ3n) is 4.53. The lowest BCUT2D eigenvalue weighted by Crippen LogP contribution is -2.09. The van der Waals surface area contributed by atoms with Crippen molar-refractivity contribution in [3.8, 4) is 0 Å². The van der Waals surface area contributed by atoms with Crippen molar-refractivity contribution in [1.82, 2.24) is 0 Å². The van der Waals surface area contributed by atoms with Gasteiger partial charge in [-0.3, -0.25) is 9.59 Å². The molecular formula is C22H42O4. The van der Waals surface area contributed by atoms with Gasteiger partial charge in [0.2, 0.25) is 0 Å². The Kier molecular flexibility index (Phi) is 19.4. The molecule has 4 nitrogen and oxygen atoms in total. The molecule has 0 heterocycles. The van der Waals surface area contributed by atoms with Gasteiger partial charge in [-0.2, -0.15) is 0 Å². The second-order valence-corrected chi connectivity index (χ2v) is 7.18. The summed E-state index contributed by atoms with van der Waals surface area (Å²) in [5.41, 5.74) is 0. The van der Waals surface area contributed by atoms with Crippen LogP contribution in [0.3, 0.4) is 0 Å². The summed E-state index contributed by atoms with van der Waals surface area (Å²) in [6.07, 6.45) is 16.8. The van der Waals surface area contributed by atoms with E-state index in [1.165, 1.54) is 57.8 Å². The molecule has 4 heteroatoms.